The van der Waals surface area contributed by atoms with Crippen LogP contribution in [0.3, 0.4) is 0 Å². The van der Waals surface area contributed by atoms with Crippen molar-refractivity contribution in [2.75, 3.05) is 12.5 Å². The third-order valence-corrected chi connectivity index (χ3v) is 9.83. The Morgan fingerprint density at radius 1 is 1.28 bits per heavy atom. The van der Waals surface area contributed by atoms with Crippen LogP contribution < -0.4 is 0 Å². The first-order valence-corrected chi connectivity index (χ1v) is 12.1. The summed E-state index contributed by atoms with van der Waals surface area (Å²) in [4.78, 5) is 13.9. The third kappa shape index (κ3) is 6.41. The molecule has 2 unspecified atom stereocenters. The van der Waals surface area contributed by atoms with Crippen LogP contribution in [0.15, 0.2) is 30.3 Å². The number of hydrogen-bond donors (Lipinski definition) is 1. The molecule has 0 saturated carbocycles. The Labute approximate surface area is 158 Å². The molecular formula is C19H32ClNO3Si. The van der Waals surface area contributed by atoms with Crippen molar-refractivity contribution in [1.82, 2.24) is 4.90 Å². The van der Waals surface area contributed by atoms with E-state index >= 15 is 0 Å². The molecule has 2 atom stereocenters. The number of aliphatic hydroxyl groups is 1. The van der Waals surface area contributed by atoms with Crippen LogP contribution in [0.1, 0.15) is 33.3 Å². The van der Waals surface area contributed by atoms with Crippen molar-refractivity contribution in [3.8, 4) is 0 Å². The molecule has 25 heavy (non-hydrogen) atoms. The van der Waals surface area contributed by atoms with E-state index in [1.807, 2.05) is 37.3 Å². The molecule has 0 heterocycles. The Balaban J connectivity index is 2.79. The summed E-state index contributed by atoms with van der Waals surface area (Å²) in [5, 5.41) is 10.7. The first kappa shape index (κ1) is 22.2. The molecule has 0 aliphatic rings. The number of nitrogens with zero attached hydrogens (tertiary/aromatic N) is 1. The first-order chi connectivity index (χ1) is 11.5. The van der Waals surface area contributed by atoms with Gasteiger partial charge in [-0.3, -0.25) is 4.79 Å². The first-order valence-electron chi connectivity index (χ1n) is 8.71. The maximum Gasteiger partial charge on any atom is 0.238 e. The number of halogens is 1. The van der Waals surface area contributed by atoms with Crippen LogP contribution in [0.2, 0.25) is 18.1 Å². The molecule has 0 aliphatic heterocycles. The predicted molar refractivity (Wildman–Crippen MR) is 106 cm³/mol. The number of hydrogen-bond acceptors (Lipinski definition) is 3. The smallest absolute Gasteiger partial charge is 0.238 e. The maximum atomic E-state index is 12.3. The van der Waals surface area contributed by atoms with Gasteiger partial charge in [-0.2, -0.15) is 0 Å². The molecule has 0 aliphatic carbocycles. The summed E-state index contributed by atoms with van der Waals surface area (Å²) in [6.45, 7) is 13.3. The fourth-order valence-electron chi connectivity index (χ4n) is 2.17. The van der Waals surface area contributed by atoms with Crippen LogP contribution in [0.4, 0.5) is 0 Å². The van der Waals surface area contributed by atoms with E-state index in [4.69, 9.17) is 16.0 Å². The number of carbonyl (C=O) groups is 1. The van der Waals surface area contributed by atoms with E-state index in [1.54, 1.807) is 4.90 Å². The second-order valence-corrected chi connectivity index (χ2v) is 13.1. The molecule has 0 radical (unpaired) electrons. The average Bonchev–Trinajstić information content (AvgIpc) is 2.56. The van der Waals surface area contributed by atoms with E-state index in [9.17, 15) is 9.90 Å². The maximum absolute atomic E-state index is 12.3. The van der Waals surface area contributed by atoms with E-state index in [0.717, 1.165) is 5.56 Å². The van der Waals surface area contributed by atoms with E-state index in [-0.39, 0.29) is 29.5 Å². The van der Waals surface area contributed by atoms with Gasteiger partial charge in [-0.1, -0.05) is 51.1 Å². The Kier molecular flexibility index (Phi) is 8.13. The highest BCUT2D eigenvalue weighted by molar-refractivity contribution is 6.74. The topological polar surface area (TPSA) is 49.8 Å². The molecule has 4 nitrogen and oxygen atoms in total. The lowest BCUT2D eigenvalue weighted by atomic mass is 10.1. The predicted octanol–water partition coefficient (Wildman–Crippen LogP) is 4.03. The molecule has 142 valence electrons. The monoisotopic (exact) mass is 385 g/mol. The van der Waals surface area contributed by atoms with Gasteiger partial charge in [0, 0.05) is 6.54 Å². The molecule has 0 bridgehead atoms. The van der Waals surface area contributed by atoms with Gasteiger partial charge in [0.05, 0.1) is 18.8 Å². The third-order valence-electron chi connectivity index (χ3n) is 5.10. The zero-order chi connectivity index (χ0) is 19.3. The van der Waals surface area contributed by atoms with Crippen molar-refractivity contribution in [2.24, 2.45) is 0 Å². The standard InChI is InChI=1S/C19H32ClNO3Si/c1-15(17(22)14-24-25(5,6)19(2,3)4)21(18(23)12-20)13-16-10-8-7-9-11-16/h7-11,15,17,22H,12-14H2,1-6H3. The van der Waals surface area contributed by atoms with Gasteiger partial charge < -0.3 is 14.4 Å². The van der Waals surface area contributed by atoms with E-state index < -0.39 is 14.4 Å². The van der Waals surface area contributed by atoms with Gasteiger partial charge in [-0.15, -0.1) is 11.6 Å². The Bertz CT molecular complexity index is 545. The van der Waals surface area contributed by atoms with Crippen molar-refractivity contribution in [3.05, 3.63) is 35.9 Å². The van der Waals surface area contributed by atoms with Crippen molar-refractivity contribution in [1.29, 1.82) is 0 Å². The van der Waals surface area contributed by atoms with E-state index in [0.29, 0.717) is 6.54 Å². The minimum absolute atomic E-state index is 0.0750. The Morgan fingerprint density at radius 3 is 2.32 bits per heavy atom. The quantitative estimate of drug-likeness (QED) is 0.543. The normalized spacial score (nSPS) is 14.9. The largest absolute Gasteiger partial charge is 0.414 e. The number of carbonyl (C=O) groups excluding carboxylic acids is 1. The summed E-state index contributed by atoms with van der Waals surface area (Å²) in [5.41, 5.74) is 1.00. The number of benzene rings is 1. The molecule has 0 fully saturated rings. The lowest BCUT2D eigenvalue weighted by molar-refractivity contribution is -0.134. The minimum Gasteiger partial charge on any atom is -0.414 e. The Morgan fingerprint density at radius 2 is 1.84 bits per heavy atom. The van der Waals surface area contributed by atoms with Gasteiger partial charge in [0.15, 0.2) is 8.32 Å². The number of aliphatic hydroxyl groups excluding tert-OH is 1. The van der Waals surface area contributed by atoms with Crippen LogP contribution in [-0.4, -0.2) is 48.9 Å². The molecule has 1 rings (SSSR count). The molecule has 0 aromatic heterocycles. The van der Waals surface area contributed by atoms with Crippen LogP contribution in [0.25, 0.3) is 0 Å². The van der Waals surface area contributed by atoms with E-state index in [1.165, 1.54) is 0 Å². The zero-order valence-corrected chi connectivity index (χ0v) is 18.0. The van der Waals surface area contributed by atoms with Crippen molar-refractivity contribution >= 4 is 25.8 Å². The number of alkyl halides is 1. The fourth-order valence-corrected chi connectivity index (χ4v) is 3.35. The second-order valence-electron chi connectivity index (χ2n) is 8.02. The van der Waals surface area contributed by atoms with Crippen molar-refractivity contribution in [2.45, 2.75) is 64.5 Å². The van der Waals surface area contributed by atoms with Crippen LogP contribution in [0, 0.1) is 0 Å². The van der Waals surface area contributed by atoms with Gasteiger partial charge in [-0.25, -0.2) is 0 Å². The molecule has 1 aromatic carbocycles. The second kappa shape index (κ2) is 9.17. The summed E-state index contributed by atoms with van der Waals surface area (Å²) in [6.07, 6.45) is -0.759. The van der Waals surface area contributed by atoms with Crippen LogP contribution in [-0.2, 0) is 15.8 Å². The summed E-state index contributed by atoms with van der Waals surface area (Å²) < 4.78 is 6.11. The van der Waals surface area contributed by atoms with Gasteiger partial charge in [-0.05, 0) is 30.6 Å². The lowest BCUT2D eigenvalue weighted by Crippen LogP contribution is -2.49. The van der Waals surface area contributed by atoms with Gasteiger partial charge in [0.1, 0.15) is 5.88 Å². The molecule has 0 spiro atoms. The minimum atomic E-state index is -1.95. The molecule has 1 aromatic rings. The highest BCUT2D eigenvalue weighted by Gasteiger charge is 2.38. The molecular weight excluding hydrogens is 354 g/mol. The highest BCUT2D eigenvalue weighted by Crippen LogP contribution is 2.36. The summed E-state index contributed by atoms with van der Waals surface area (Å²) in [7, 11) is -1.95. The summed E-state index contributed by atoms with van der Waals surface area (Å²) in [6, 6.07) is 9.33. The van der Waals surface area contributed by atoms with Crippen molar-refractivity contribution < 1.29 is 14.3 Å². The zero-order valence-electron chi connectivity index (χ0n) is 16.3. The average molecular weight is 386 g/mol. The number of rotatable bonds is 8. The number of amides is 1. The fraction of sp³-hybridized carbons (Fsp3) is 0.632. The van der Waals surface area contributed by atoms with E-state index in [2.05, 4.69) is 33.9 Å². The van der Waals surface area contributed by atoms with Crippen LogP contribution >= 0.6 is 11.6 Å². The van der Waals surface area contributed by atoms with Gasteiger partial charge >= 0.3 is 0 Å². The van der Waals surface area contributed by atoms with Crippen LogP contribution in [0.5, 0.6) is 0 Å². The SMILES string of the molecule is CC(C(O)CO[Si](C)(C)C(C)(C)C)N(Cc1ccccc1)C(=O)CCl. The van der Waals surface area contributed by atoms with Crippen molar-refractivity contribution in [3.63, 3.8) is 0 Å². The molecule has 0 saturated heterocycles. The molecule has 1 amide bonds. The molecule has 1 N–H and O–H groups in total. The van der Waals surface area contributed by atoms with Gasteiger partial charge in [0.2, 0.25) is 5.91 Å². The summed E-state index contributed by atoms with van der Waals surface area (Å²) >= 11 is 5.77. The summed E-state index contributed by atoms with van der Waals surface area (Å²) in [5.74, 6) is -0.295. The lowest BCUT2D eigenvalue weighted by Gasteiger charge is -2.38. The molecule has 6 heteroatoms. The highest BCUT2D eigenvalue weighted by atomic mass is 35.5. The Hall–Kier alpha value is -0.883. The van der Waals surface area contributed by atoms with Gasteiger partial charge in [0.25, 0.3) is 0 Å².